The van der Waals surface area contributed by atoms with Crippen LogP contribution in [0.25, 0.3) is 0 Å². The van der Waals surface area contributed by atoms with Crippen LogP contribution < -0.4 is 15.1 Å². The molecule has 0 aliphatic carbocycles. The van der Waals surface area contributed by atoms with Crippen LogP contribution in [0.4, 0.5) is 5.69 Å². The van der Waals surface area contributed by atoms with E-state index in [-0.39, 0.29) is 17.9 Å². The number of carbonyl (C=O) groups is 1. The van der Waals surface area contributed by atoms with E-state index in [9.17, 15) is 4.79 Å². The molecule has 1 aliphatic heterocycles. The standard InChI is InChI=1S/C21H22BrN3O2/c1-21(2)17-9-4-5-10-18(17)25(3)19(21)11-12-23-24-20(26)14-27-16-8-6-7-15(22)13-16/h4-13H,14H2,1-3H3,(H,24,26). The number of nitrogens with one attached hydrogen (secondary N) is 1. The number of anilines is 1. The SMILES string of the molecule is CN1C(=CC=NNC(=O)COc2cccc(Br)c2)C(C)(C)c2ccccc21. The Hall–Kier alpha value is -2.60. The molecule has 1 N–H and O–H groups in total. The lowest BCUT2D eigenvalue weighted by Crippen LogP contribution is -2.25. The number of hydrogen-bond acceptors (Lipinski definition) is 4. The molecule has 5 nitrogen and oxygen atoms in total. The summed E-state index contributed by atoms with van der Waals surface area (Å²) in [6.07, 6.45) is 3.53. The van der Waals surface area contributed by atoms with Crippen LogP contribution in [-0.4, -0.2) is 25.8 Å². The smallest absolute Gasteiger partial charge is 0.277 e. The molecule has 0 saturated heterocycles. The average Bonchev–Trinajstić information content (AvgIpc) is 2.84. The minimum atomic E-state index is -0.313. The van der Waals surface area contributed by atoms with Crippen LogP contribution >= 0.6 is 15.9 Å². The molecule has 0 bridgehead atoms. The van der Waals surface area contributed by atoms with Gasteiger partial charge in [-0.05, 0) is 35.9 Å². The number of likely N-dealkylation sites (N-methyl/N-ethyl adjacent to an activating group) is 1. The van der Waals surface area contributed by atoms with Gasteiger partial charge in [0, 0.05) is 34.5 Å². The minimum absolute atomic E-state index is 0.0960. The van der Waals surface area contributed by atoms with Crippen LogP contribution in [0.1, 0.15) is 19.4 Å². The first kappa shape index (κ1) is 19.2. The van der Waals surface area contributed by atoms with Gasteiger partial charge in [0.05, 0.1) is 0 Å². The van der Waals surface area contributed by atoms with E-state index in [1.54, 1.807) is 18.3 Å². The molecule has 1 amide bonds. The summed E-state index contributed by atoms with van der Waals surface area (Å²) in [5, 5.41) is 4.01. The van der Waals surface area contributed by atoms with Crippen LogP contribution in [0, 0.1) is 0 Å². The van der Waals surface area contributed by atoms with Crippen LogP contribution in [0.5, 0.6) is 5.75 Å². The third kappa shape index (κ3) is 4.22. The number of hydrazone groups is 1. The van der Waals surface area contributed by atoms with Crippen molar-refractivity contribution in [1.82, 2.24) is 5.43 Å². The summed E-state index contributed by atoms with van der Waals surface area (Å²) in [6, 6.07) is 15.7. The zero-order valence-electron chi connectivity index (χ0n) is 15.6. The summed E-state index contributed by atoms with van der Waals surface area (Å²) in [6.45, 7) is 4.26. The topological polar surface area (TPSA) is 53.9 Å². The fourth-order valence-electron chi connectivity index (χ4n) is 3.26. The number of para-hydroxylation sites is 1. The summed E-state index contributed by atoms with van der Waals surface area (Å²) in [4.78, 5) is 14.0. The Kier molecular flexibility index (Phi) is 5.65. The van der Waals surface area contributed by atoms with E-state index in [2.05, 4.69) is 63.4 Å². The van der Waals surface area contributed by atoms with E-state index < -0.39 is 0 Å². The van der Waals surface area contributed by atoms with Crippen molar-refractivity contribution in [3.63, 3.8) is 0 Å². The van der Waals surface area contributed by atoms with Gasteiger partial charge in [-0.25, -0.2) is 5.43 Å². The van der Waals surface area contributed by atoms with Gasteiger partial charge in [0.2, 0.25) is 0 Å². The molecule has 0 atom stereocenters. The number of fused-ring (bicyclic) bond motifs is 1. The van der Waals surface area contributed by atoms with Crippen LogP contribution in [0.2, 0.25) is 0 Å². The molecule has 0 radical (unpaired) electrons. The molecule has 3 rings (SSSR count). The molecule has 2 aromatic rings. The predicted octanol–water partition coefficient (Wildman–Crippen LogP) is 4.24. The van der Waals surface area contributed by atoms with Crippen molar-refractivity contribution in [2.45, 2.75) is 19.3 Å². The molecule has 27 heavy (non-hydrogen) atoms. The maximum absolute atomic E-state index is 11.9. The number of ether oxygens (including phenoxy) is 1. The Morgan fingerprint density at radius 3 is 2.78 bits per heavy atom. The molecule has 0 unspecified atom stereocenters. The van der Waals surface area contributed by atoms with Crippen molar-refractivity contribution in [3.05, 3.63) is 70.3 Å². The van der Waals surface area contributed by atoms with Gasteiger partial charge in [0.15, 0.2) is 6.61 Å². The fourth-order valence-corrected chi connectivity index (χ4v) is 3.64. The second-order valence-corrected chi connectivity index (χ2v) is 7.73. The van der Waals surface area contributed by atoms with Gasteiger partial charge in [-0.2, -0.15) is 5.10 Å². The minimum Gasteiger partial charge on any atom is -0.484 e. The van der Waals surface area contributed by atoms with E-state index in [4.69, 9.17) is 4.74 Å². The zero-order chi connectivity index (χ0) is 19.4. The maximum Gasteiger partial charge on any atom is 0.277 e. The molecule has 0 spiro atoms. The number of hydrogen-bond donors (Lipinski definition) is 1. The molecular weight excluding hydrogens is 406 g/mol. The second-order valence-electron chi connectivity index (χ2n) is 6.81. The largest absolute Gasteiger partial charge is 0.484 e. The van der Waals surface area contributed by atoms with Crippen LogP contribution in [-0.2, 0) is 10.2 Å². The highest BCUT2D eigenvalue weighted by atomic mass is 79.9. The average molecular weight is 428 g/mol. The molecular formula is C21H22BrN3O2. The Morgan fingerprint density at radius 1 is 1.26 bits per heavy atom. The second kappa shape index (κ2) is 7.96. The Bertz CT molecular complexity index is 906. The van der Waals surface area contributed by atoms with Crippen molar-refractivity contribution < 1.29 is 9.53 Å². The normalized spacial score (nSPS) is 16.6. The zero-order valence-corrected chi connectivity index (χ0v) is 17.2. The van der Waals surface area contributed by atoms with Gasteiger partial charge >= 0.3 is 0 Å². The molecule has 0 fully saturated rings. The maximum atomic E-state index is 11.9. The number of halogens is 1. The van der Waals surface area contributed by atoms with E-state index in [0.29, 0.717) is 5.75 Å². The van der Waals surface area contributed by atoms with Gasteiger partial charge in [-0.15, -0.1) is 0 Å². The van der Waals surface area contributed by atoms with Crippen molar-refractivity contribution >= 4 is 33.7 Å². The fraction of sp³-hybridized carbons (Fsp3) is 0.238. The summed E-state index contributed by atoms with van der Waals surface area (Å²) < 4.78 is 6.33. The molecule has 1 heterocycles. The highest BCUT2D eigenvalue weighted by molar-refractivity contribution is 9.10. The van der Waals surface area contributed by atoms with E-state index in [1.807, 2.05) is 31.3 Å². The molecule has 1 aliphatic rings. The van der Waals surface area contributed by atoms with Gasteiger partial charge in [-0.3, -0.25) is 4.79 Å². The summed E-state index contributed by atoms with van der Waals surface area (Å²) in [5.74, 6) is 0.310. The number of carbonyl (C=O) groups excluding carboxylic acids is 1. The van der Waals surface area contributed by atoms with E-state index >= 15 is 0 Å². The summed E-state index contributed by atoms with van der Waals surface area (Å²) in [7, 11) is 2.04. The molecule has 140 valence electrons. The van der Waals surface area contributed by atoms with Crippen molar-refractivity contribution in [2.24, 2.45) is 5.10 Å². The van der Waals surface area contributed by atoms with E-state index in [1.165, 1.54) is 11.3 Å². The number of rotatable bonds is 5. The van der Waals surface area contributed by atoms with E-state index in [0.717, 1.165) is 10.2 Å². The predicted molar refractivity (Wildman–Crippen MR) is 112 cm³/mol. The lowest BCUT2D eigenvalue weighted by molar-refractivity contribution is -0.123. The number of amides is 1. The molecule has 6 heteroatoms. The van der Waals surface area contributed by atoms with Crippen molar-refractivity contribution in [2.75, 3.05) is 18.6 Å². The van der Waals surface area contributed by atoms with Gasteiger partial charge < -0.3 is 9.64 Å². The van der Waals surface area contributed by atoms with Crippen molar-refractivity contribution in [1.29, 1.82) is 0 Å². The van der Waals surface area contributed by atoms with Crippen molar-refractivity contribution in [3.8, 4) is 5.75 Å². The first-order valence-corrected chi connectivity index (χ1v) is 9.43. The van der Waals surface area contributed by atoms with Crippen LogP contribution in [0.15, 0.2) is 69.9 Å². The molecule has 0 saturated carbocycles. The summed E-state index contributed by atoms with van der Waals surface area (Å²) >= 11 is 3.36. The van der Waals surface area contributed by atoms with Gasteiger partial charge in [0.25, 0.3) is 5.91 Å². The highest BCUT2D eigenvalue weighted by Crippen LogP contribution is 2.46. The van der Waals surface area contributed by atoms with Gasteiger partial charge in [-0.1, -0.05) is 54.0 Å². The highest BCUT2D eigenvalue weighted by Gasteiger charge is 2.37. The summed E-state index contributed by atoms with van der Waals surface area (Å²) in [5.41, 5.74) is 5.95. The third-order valence-electron chi connectivity index (χ3n) is 4.60. The monoisotopic (exact) mass is 427 g/mol. The Balaban J connectivity index is 1.58. The first-order valence-electron chi connectivity index (χ1n) is 8.64. The van der Waals surface area contributed by atoms with Crippen LogP contribution in [0.3, 0.4) is 0 Å². The number of allylic oxidation sites excluding steroid dienone is 2. The molecule has 0 aromatic heterocycles. The number of nitrogens with zero attached hydrogens (tertiary/aromatic N) is 2. The third-order valence-corrected chi connectivity index (χ3v) is 5.10. The quantitative estimate of drug-likeness (QED) is 0.573. The lowest BCUT2D eigenvalue weighted by atomic mass is 9.84. The van der Waals surface area contributed by atoms with Gasteiger partial charge in [0.1, 0.15) is 5.75 Å². The molecule has 2 aromatic carbocycles. The first-order chi connectivity index (χ1) is 12.9. The Labute approximate surface area is 167 Å². The lowest BCUT2D eigenvalue weighted by Gasteiger charge is -2.23. The Morgan fingerprint density at radius 2 is 2.04 bits per heavy atom. The number of benzene rings is 2.